The lowest BCUT2D eigenvalue weighted by atomic mass is 10.1. The van der Waals surface area contributed by atoms with Crippen LogP contribution in [0.4, 0.5) is 5.13 Å². The van der Waals surface area contributed by atoms with Crippen LogP contribution >= 0.6 is 11.3 Å². The van der Waals surface area contributed by atoms with E-state index < -0.39 is 0 Å². The highest BCUT2D eigenvalue weighted by Crippen LogP contribution is 2.22. The largest absolute Gasteiger partial charge is 0.360 e. The first-order valence-corrected chi connectivity index (χ1v) is 7.07. The molecule has 2 aromatic heterocycles. The van der Waals surface area contributed by atoms with Gasteiger partial charge in [-0.2, -0.15) is 0 Å². The molecule has 2 heterocycles. The van der Waals surface area contributed by atoms with Crippen LogP contribution in [0.25, 0.3) is 10.9 Å². The molecule has 0 fully saturated rings. The molecule has 5 heteroatoms. The minimum atomic E-state index is 0.798. The molecule has 0 saturated carbocycles. The first-order valence-electron chi connectivity index (χ1n) is 6.25. The maximum atomic E-state index is 4.37. The number of fused-ring (bicyclic) bond motifs is 1. The third kappa shape index (κ3) is 2.56. The number of rotatable bonds is 4. The van der Waals surface area contributed by atoms with Crippen molar-refractivity contribution in [3.8, 4) is 0 Å². The molecule has 19 heavy (non-hydrogen) atoms. The molecule has 0 aliphatic rings. The Morgan fingerprint density at radius 2 is 2.05 bits per heavy atom. The molecule has 1 N–H and O–H groups in total. The van der Waals surface area contributed by atoms with Crippen molar-refractivity contribution in [2.24, 2.45) is 0 Å². The summed E-state index contributed by atoms with van der Waals surface area (Å²) in [5, 5.41) is 14.6. The Balaban J connectivity index is 1.92. The van der Waals surface area contributed by atoms with Gasteiger partial charge >= 0.3 is 0 Å². The van der Waals surface area contributed by atoms with Gasteiger partial charge in [0, 0.05) is 24.5 Å². The fourth-order valence-electron chi connectivity index (χ4n) is 2.02. The van der Waals surface area contributed by atoms with Gasteiger partial charge in [0.25, 0.3) is 0 Å². The third-order valence-electron chi connectivity index (χ3n) is 2.88. The molecular weight excluding hydrogens is 256 g/mol. The maximum Gasteiger partial charge on any atom is 0.205 e. The van der Waals surface area contributed by atoms with E-state index in [-0.39, 0.29) is 0 Å². The zero-order chi connectivity index (χ0) is 13.1. The average Bonchev–Trinajstić information content (AvgIpc) is 2.87. The quantitative estimate of drug-likeness (QED) is 0.791. The summed E-state index contributed by atoms with van der Waals surface area (Å²) in [4.78, 5) is 4.37. The van der Waals surface area contributed by atoms with E-state index in [9.17, 15) is 0 Å². The molecule has 0 aliphatic carbocycles. The summed E-state index contributed by atoms with van der Waals surface area (Å²) in [6.07, 6.45) is 2.65. The van der Waals surface area contributed by atoms with E-state index in [1.165, 1.54) is 10.9 Å². The van der Waals surface area contributed by atoms with Crippen molar-refractivity contribution in [2.75, 3.05) is 11.9 Å². The monoisotopic (exact) mass is 270 g/mol. The minimum absolute atomic E-state index is 0.798. The van der Waals surface area contributed by atoms with Gasteiger partial charge < -0.3 is 5.32 Å². The van der Waals surface area contributed by atoms with Crippen LogP contribution in [0.2, 0.25) is 0 Å². The SMILES string of the molecule is CCNc1nnc(Cc2ccnc3ccccc23)s1. The summed E-state index contributed by atoms with van der Waals surface area (Å²) in [7, 11) is 0. The van der Waals surface area contributed by atoms with Gasteiger partial charge in [-0.25, -0.2) is 0 Å². The second-order valence-corrected chi connectivity index (χ2v) is 5.26. The smallest absolute Gasteiger partial charge is 0.205 e. The number of para-hydroxylation sites is 1. The van der Waals surface area contributed by atoms with Crippen LogP contribution < -0.4 is 5.32 Å². The highest BCUT2D eigenvalue weighted by atomic mass is 32.1. The first-order chi connectivity index (χ1) is 9.36. The second kappa shape index (κ2) is 5.32. The Labute approximate surface area is 115 Å². The van der Waals surface area contributed by atoms with E-state index in [0.29, 0.717) is 0 Å². The van der Waals surface area contributed by atoms with E-state index in [4.69, 9.17) is 0 Å². The number of nitrogens with one attached hydrogen (secondary N) is 1. The van der Waals surface area contributed by atoms with Crippen LogP contribution in [-0.2, 0) is 6.42 Å². The lowest BCUT2D eigenvalue weighted by molar-refractivity contribution is 0.999. The summed E-state index contributed by atoms with van der Waals surface area (Å²) in [5.74, 6) is 0. The molecule has 3 rings (SSSR count). The fourth-order valence-corrected chi connectivity index (χ4v) is 2.85. The molecule has 0 spiro atoms. The van der Waals surface area contributed by atoms with E-state index in [2.05, 4.69) is 39.6 Å². The summed E-state index contributed by atoms with van der Waals surface area (Å²) < 4.78 is 0. The second-order valence-electron chi connectivity index (χ2n) is 4.20. The minimum Gasteiger partial charge on any atom is -0.360 e. The molecule has 0 bridgehead atoms. The lowest BCUT2D eigenvalue weighted by Crippen LogP contribution is -1.94. The van der Waals surface area contributed by atoms with Crippen LogP contribution in [0.5, 0.6) is 0 Å². The van der Waals surface area contributed by atoms with Gasteiger partial charge in [-0.1, -0.05) is 29.5 Å². The van der Waals surface area contributed by atoms with Crippen molar-refractivity contribution < 1.29 is 0 Å². The molecule has 0 unspecified atom stereocenters. The third-order valence-corrected chi connectivity index (χ3v) is 3.76. The number of pyridine rings is 1. The predicted molar refractivity (Wildman–Crippen MR) is 78.6 cm³/mol. The van der Waals surface area contributed by atoms with Crippen LogP contribution in [0.15, 0.2) is 36.5 Å². The zero-order valence-electron chi connectivity index (χ0n) is 10.6. The molecule has 1 aromatic carbocycles. The Morgan fingerprint density at radius 3 is 2.95 bits per heavy atom. The Morgan fingerprint density at radius 1 is 1.16 bits per heavy atom. The van der Waals surface area contributed by atoms with Crippen LogP contribution in [0.1, 0.15) is 17.5 Å². The molecule has 4 nitrogen and oxygen atoms in total. The topological polar surface area (TPSA) is 50.7 Å². The number of hydrogen-bond donors (Lipinski definition) is 1. The van der Waals surface area contributed by atoms with Gasteiger partial charge in [0.2, 0.25) is 5.13 Å². The fraction of sp³-hybridized carbons (Fsp3) is 0.214. The molecular formula is C14H14N4S. The van der Waals surface area contributed by atoms with Crippen molar-refractivity contribution in [3.05, 3.63) is 47.1 Å². The van der Waals surface area contributed by atoms with E-state index in [1.807, 2.05) is 24.4 Å². The van der Waals surface area contributed by atoms with Gasteiger partial charge in [0.1, 0.15) is 5.01 Å². The Kier molecular flexibility index (Phi) is 3.37. The van der Waals surface area contributed by atoms with E-state index in [1.54, 1.807) is 11.3 Å². The number of nitrogens with zero attached hydrogens (tertiary/aromatic N) is 3. The van der Waals surface area contributed by atoms with Gasteiger partial charge in [-0.3, -0.25) is 4.98 Å². The molecule has 0 amide bonds. The Hall–Kier alpha value is -2.01. The predicted octanol–water partition coefficient (Wildman–Crippen LogP) is 3.11. The molecule has 3 aromatic rings. The van der Waals surface area contributed by atoms with Gasteiger partial charge in [-0.05, 0) is 24.6 Å². The maximum absolute atomic E-state index is 4.37. The highest BCUT2D eigenvalue weighted by Gasteiger charge is 2.07. The van der Waals surface area contributed by atoms with Gasteiger partial charge in [0.15, 0.2) is 0 Å². The summed E-state index contributed by atoms with van der Waals surface area (Å²) in [6, 6.07) is 10.2. The summed E-state index contributed by atoms with van der Waals surface area (Å²) in [5.41, 5.74) is 2.27. The molecule has 0 aliphatic heterocycles. The van der Waals surface area contributed by atoms with Crippen LogP contribution in [-0.4, -0.2) is 21.7 Å². The van der Waals surface area contributed by atoms with Crippen molar-refractivity contribution in [1.29, 1.82) is 0 Å². The number of anilines is 1. The van der Waals surface area contributed by atoms with Crippen molar-refractivity contribution in [3.63, 3.8) is 0 Å². The number of hydrogen-bond acceptors (Lipinski definition) is 5. The molecule has 0 radical (unpaired) electrons. The summed E-state index contributed by atoms with van der Waals surface area (Å²) in [6.45, 7) is 2.92. The molecule has 96 valence electrons. The highest BCUT2D eigenvalue weighted by molar-refractivity contribution is 7.15. The van der Waals surface area contributed by atoms with Crippen molar-refractivity contribution >= 4 is 27.4 Å². The van der Waals surface area contributed by atoms with Gasteiger partial charge in [0.05, 0.1) is 5.52 Å². The first kappa shape index (κ1) is 12.0. The van der Waals surface area contributed by atoms with E-state index >= 15 is 0 Å². The molecule has 0 atom stereocenters. The van der Waals surface area contributed by atoms with Crippen molar-refractivity contribution in [2.45, 2.75) is 13.3 Å². The summed E-state index contributed by atoms with van der Waals surface area (Å²) >= 11 is 1.61. The number of aromatic nitrogens is 3. The average molecular weight is 270 g/mol. The number of benzene rings is 1. The van der Waals surface area contributed by atoms with Gasteiger partial charge in [-0.15, -0.1) is 10.2 Å². The van der Waals surface area contributed by atoms with Crippen LogP contribution in [0.3, 0.4) is 0 Å². The lowest BCUT2D eigenvalue weighted by Gasteiger charge is -2.03. The van der Waals surface area contributed by atoms with E-state index in [0.717, 1.165) is 28.6 Å². The standard InChI is InChI=1S/C14H14N4S/c1-2-15-14-18-17-13(19-14)9-10-7-8-16-12-6-4-3-5-11(10)12/h3-8H,2,9H2,1H3,(H,15,18). The normalized spacial score (nSPS) is 10.8. The van der Waals surface area contributed by atoms with Crippen molar-refractivity contribution in [1.82, 2.24) is 15.2 Å². The zero-order valence-corrected chi connectivity index (χ0v) is 11.4. The Bertz CT molecular complexity index is 687. The molecule has 0 saturated heterocycles. The van der Waals surface area contributed by atoms with Crippen LogP contribution in [0, 0.1) is 0 Å².